The summed E-state index contributed by atoms with van der Waals surface area (Å²) in [4.78, 5) is 4.29. The lowest BCUT2D eigenvalue weighted by Gasteiger charge is -2.16. The molecule has 8 heteroatoms. The highest BCUT2D eigenvalue weighted by Gasteiger charge is 2.14. The van der Waals surface area contributed by atoms with E-state index in [1.807, 2.05) is 30.5 Å². The molecule has 0 bridgehead atoms. The second-order valence-electron chi connectivity index (χ2n) is 6.42. The molecule has 1 aliphatic heterocycles. The fourth-order valence-corrected chi connectivity index (χ4v) is 3.61. The van der Waals surface area contributed by atoms with Crippen LogP contribution in [0.15, 0.2) is 41.4 Å². The van der Waals surface area contributed by atoms with E-state index in [1.165, 1.54) is 6.07 Å². The number of hydrogen-bond donors (Lipinski definition) is 2. The Labute approximate surface area is 192 Å². The van der Waals surface area contributed by atoms with Crippen LogP contribution in [0.5, 0.6) is 11.5 Å². The maximum absolute atomic E-state index is 13.5. The van der Waals surface area contributed by atoms with Crippen LogP contribution in [-0.4, -0.2) is 32.5 Å². The highest BCUT2D eigenvalue weighted by molar-refractivity contribution is 14.0. The first-order chi connectivity index (χ1) is 13.7. The molecule has 0 saturated carbocycles. The van der Waals surface area contributed by atoms with Gasteiger partial charge in [0.25, 0.3) is 0 Å². The monoisotopic (exact) mass is 531 g/mol. The molecule has 0 unspecified atom stereocenters. The third-order valence-corrected chi connectivity index (χ3v) is 5.04. The SMILES string of the molecule is CN=C(NCc1ccc(F)cc1CSC)NCc1cccc2c1OCCCO2.I. The van der Waals surface area contributed by atoms with E-state index in [4.69, 9.17) is 9.47 Å². The van der Waals surface area contributed by atoms with Crippen molar-refractivity contribution in [3.05, 3.63) is 58.9 Å². The van der Waals surface area contributed by atoms with Crippen molar-refractivity contribution in [2.45, 2.75) is 25.3 Å². The number of para-hydroxylation sites is 1. The summed E-state index contributed by atoms with van der Waals surface area (Å²) in [5.74, 6) is 2.82. The number of ether oxygens (including phenoxy) is 2. The molecular formula is C21H27FIN3O2S. The third-order valence-electron chi connectivity index (χ3n) is 4.44. The van der Waals surface area contributed by atoms with Crippen molar-refractivity contribution in [3.63, 3.8) is 0 Å². The molecule has 0 aromatic heterocycles. The van der Waals surface area contributed by atoms with Gasteiger partial charge in [-0.2, -0.15) is 11.8 Å². The summed E-state index contributed by atoms with van der Waals surface area (Å²) < 4.78 is 25.1. The number of hydrogen-bond acceptors (Lipinski definition) is 4. The zero-order valence-electron chi connectivity index (χ0n) is 16.7. The standard InChI is InChI=1S/C21H26FN3O2S.HI/c1-23-21(24-12-15-7-8-18(22)11-17(15)14-28-2)25-13-16-5-3-6-19-20(16)27-10-4-9-26-19;/h3,5-8,11H,4,9-10,12-14H2,1-2H3,(H2,23,24,25);1H. The summed E-state index contributed by atoms with van der Waals surface area (Å²) in [6.07, 6.45) is 2.89. The molecule has 0 atom stereocenters. The lowest BCUT2D eigenvalue weighted by Crippen LogP contribution is -2.36. The molecule has 0 spiro atoms. The summed E-state index contributed by atoms with van der Waals surface area (Å²) in [5, 5.41) is 6.62. The van der Waals surface area contributed by atoms with E-state index >= 15 is 0 Å². The fraction of sp³-hybridized carbons (Fsp3) is 0.381. The molecule has 0 amide bonds. The molecule has 158 valence electrons. The topological polar surface area (TPSA) is 54.9 Å². The van der Waals surface area contributed by atoms with E-state index in [2.05, 4.69) is 15.6 Å². The molecule has 0 aliphatic carbocycles. The van der Waals surface area contributed by atoms with Crippen LogP contribution >= 0.6 is 35.7 Å². The molecule has 0 fully saturated rings. The highest BCUT2D eigenvalue weighted by atomic mass is 127. The molecule has 1 heterocycles. The number of nitrogens with one attached hydrogen (secondary N) is 2. The van der Waals surface area contributed by atoms with Crippen LogP contribution in [0, 0.1) is 5.82 Å². The largest absolute Gasteiger partial charge is 0.490 e. The minimum atomic E-state index is -0.206. The summed E-state index contributed by atoms with van der Waals surface area (Å²) in [7, 11) is 1.73. The van der Waals surface area contributed by atoms with Gasteiger partial charge in [-0.3, -0.25) is 4.99 Å². The predicted molar refractivity (Wildman–Crippen MR) is 128 cm³/mol. The van der Waals surface area contributed by atoms with Gasteiger partial charge >= 0.3 is 0 Å². The normalized spacial score (nSPS) is 13.3. The van der Waals surface area contributed by atoms with Gasteiger partial charge in [-0.05, 0) is 35.6 Å². The zero-order chi connectivity index (χ0) is 19.8. The Bertz CT molecular complexity index is 836. The first-order valence-electron chi connectivity index (χ1n) is 9.29. The van der Waals surface area contributed by atoms with E-state index < -0.39 is 0 Å². The van der Waals surface area contributed by atoms with Gasteiger partial charge in [-0.25, -0.2) is 4.39 Å². The van der Waals surface area contributed by atoms with E-state index in [9.17, 15) is 4.39 Å². The van der Waals surface area contributed by atoms with Crippen LogP contribution < -0.4 is 20.1 Å². The summed E-state index contributed by atoms with van der Waals surface area (Å²) in [5.41, 5.74) is 3.07. The first kappa shape index (κ1) is 23.6. The van der Waals surface area contributed by atoms with Crippen molar-refractivity contribution >= 4 is 41.7 Å². The smallest absolute Gasteiger partial charge is 0.191 e. The average Bonchev–Trinajstić information content (AvgIpc) is 2.95. The fourth-order valence-electron chi connectivity index (χ4n) is 3.03. The van der Waals surface area contributed by atoms with Gasteiger partial charge < -0.3 is 20.1 Å². The van der Waals surface area contributed by atoms with Gasteiger partial charge in [0.05, 0.1) is 13.2 Å². The molecule has 2 aromatic rings. The molecule has 29 heavy (non-hydrogen) atoms. The van der Waals surface area contributed by atoms with Crippen LogP contribution in [0.25, 0.3) is 0 Å². The van der Waals surface area contributed by atoms with Gasteiger partial charge in [0.1, 0.15) is 5.82 Å². The lowest BCUT2D eigenvalue weighted by molar-refractivity contribution is 0.296. The van der Waals surface area contributed by atoms with Gasteiger partial charge in [-0.1, -0.05) is 18.2 Å². The molecule has 5 nitrogen and oxygen atoms in total. The molecule has 2 N–H and O–H groups in total. The van der Waals surface area contributed by atoms with Crippen molar-refractivity contribution in [2.24, 2.45) is 4.99 Å². The molecule has 2 aromatic carbocycles. The van der Waals surface area contributed by atoms with Crippen LogP contribution in [0.3, 0.4) is 0 Å². The van der Waals surface area contributed by atoms with Gasteiger partial charge in [-0.15, -0.1) is 24.0 Å². The second kappa shape index (κ2) is 12.1. The van der Waals surface area contributed by atoms with Crippen molar-refractivity contribution in [1.29, 1.82) is 0 Å². The average molecular weight is 531 g/mol. The Hall–Kier alpha value is -1.68. The van der Waals surface area contributed by atoms with E-state index in [-0.39, 0.29) is 29.8 Å². The third kappa shape index (κ3) is 6.67. The Morgan fingerprint density at radius 1 is 1.07 bits per heavy atom. The van der Waals surface area contributed by atoms with E-state index in [1.54, 1.807) is 24.9 Å². The van der Waals surface area contributed by atoms with Crippen LogP contribution in [0.2, 0.25) is 0 Å². The lowest BCUT2D eigenvalue weighted by atomic mass is 10.1. The number of fused-ring (bicyclic) bond motifs is 1. The number of aliphatic imine (C=N–C) groups is 1. The van der Waals surface area contributed by atoms with E-state index in [0.717, 1.165) is 40.4 Å². The zero-order valence-corrected chi connectivity index (χ0v) is 19.8. The number of rotatable bonds is 6. The number of guanidine groups is 1. The van der Waals surface area contributed by atoms with Gasteiger partial charge in [0, 0.05) is 37.9 Å². The van der Waals surface area contributed by atoms with Gasteiger partial charge in [0.15, 0.2) is 17.5 Å². The molecule has 0 saturated heterocycles. The Morgan fingerprint density at radius 2 is 1.83 bits per heavy atom. The van der Waals surface area contributed by atoms with Crippen LogP contribution in [-0.2, 0) is 18.8 Å². The van der Waals surface area contributed by atoms with E-state index in [0.29, 0.717) is 32.3 Å². The maximum Gasteiger partial charge on any atom is 0.191 e. The number of benzene rings is 2. The number of nitrogens with zero attached hydrogens (tertiary/aromatic N) is 1. The minimum absolute atomic E-state index is 0. The summed E-state index contributed by atoms with van der Waals surface area (Å²) in [6.45, 7) is 2.46. The van der Waals surface area contributed by atoms with Gasteiger partial charge in [0.2, 0.25) is 0 Å². The Kier molecular flexibility index (Phi) is 9.86. The van der Waals surface area contributed by atoms with Crippen molar-refractivity contribution in [3.8, 4) is 11.5 Å². The minimum Gasteiger partial charge on any atom is -0.490 e. The van der Waals surface area contributed by atoms with Crippen molar-refractivity contribution in [1.82, 2.24) is 10.6 Å². The second-order valence-corrected chi connectivity index (χ2v) is 7.29. The van der Waals surface area contributed by atoms with Crippen LogP contribution in [0.1, 0.15) is 23.1 Å². The maximum atomic E-state index is 13.5. The Morgan fingerprint density at radius 3 is 2.59 bits per heavy atom. The molecule has 1 aliphatic rings. The summed E-state index contributed by atoms with van der Waals surface area (Å²) in [6, 6.07) is 10.8. The Balaban J connectivity index is 0.00000300. The number of thioether (sulfide) groups is 1. The van der Waals surface area contributed by atoms with Crippen molar-refractivity contribution < 1.29 is 13.9 Å². The number of halogens is 2. The quantitative estimate of drug-likeness (QED) is 0.330. The van der Waals surface area contributed by atoms with Crippen molar-refractivity contribution in [2.75, 3.05) is 26.5 Å². The molecule has 0 radical (unpaired) electrons. The first-order valence-corrected chi connectivity index (χ1v) is 10.7. The van der Waals surface area contributed by atoms with Crippen LogP contribution in [0.4, 0.5) is 4.39 Å². The molecule has 3 rings (SSSR count). The molecular weight excluding hydrogens is 504 g/mol. The highest BCUT2D eigenvalue weighted by Crippen LogP contribution is 2.33. The predicted octanol–water partition coefficient (Wildman–Crippen LogP) is 4.33. The summed E-state index contributed by atoms with van der Waals surface area (Å²) >= 11 is 1.67.